The topological polar surface area (TPSA) is 21.3 Å². The van der Waals surface area contributed by atoms with Gasteiger partial charge in [-0.1, -0.05) is 36.8 Å². The summed E-state index contributed by atoms with van der Waals surface area (Å²) >= 11 is 0. The van der Waals surface area contributed by atoms with Crippen molar-refractivity contribution in [1.29, 1.82) is 0 Å². The number of hydrogen-bond donors (Lipinski definition) is 1. The molecular weight excluding hydrogens is 210 g/mol. The van der Waals surface area contributed by atoms with Crippen molar-refractivity contribution in [2.75, 3.05) is 13.2 Å². The molecule has 0 bridgehead atoms. The molecule has 0 heterocycles. The van der Waals surface area contributed by atoms with Crippen molar-refractivity contribution in [3.8, 4) is 5.75 Å². The largest absolute Gasteiger partial charge is 0.489 e. The third-order valence-corrected chi connectivity index (χ3v) is 2.53. The van der Waals surface area contributed by atoms with Crippen molar-refractivity contribution in [3.63, 3.8) is 0 Å². The fraction of sp³-hybridized carbons (Fsp3) is 0.467. The Balaban J connectivity index is 2.65. The highest BCUT2D eigenvalue weighted by Crippen LogP contribution is 2.20. The quantitative estimate of drug-likeness (QED) is 0.575. The minimum absolute atomic E-state index is 0.639. The molecule has 94 valence electrons. The lowest BCUT2D eigenvalue weighted by Crippen LogP contribution is -2.14. The van der Waals surface area contributed by atoms with Gasteiger partial charge in [0.05, 0.1) is 0 Å². The first kappa shape index (κ1) is 13.8. The highest BCUT2D eigenvalue weighted by atomic mass is 16.5. The van der Waals surface area contributed by atoms with Gasteiger partial charge in [-0.05, 0) is 32.9 Å². The molecule has 1 rings (SSSR count). The number of allylic oxidation sites excluding steroid dienone is 1. The molecule has 0 saturated heterocycles. The van der Waals surface area contributed by atoms with Crippen LogP contribution >= 0.6 is 0 Å². The summed E-state index contributed by atoms with van der Waals surface area (Å²) in [4.78, 5) is 0. The van der Waals surface area contributed by atoms with E-state index in [0.29, 0.717) is 6.61 Å². The maximum absolute atomic E-state index is 5.74. The Hall–Kier alpha value is -1.28. The molecule has 0 aliphatic heterocycles. The molecule has 0 amide bonds. The van der Waals surface area contributed by atoms with Crippen molar-refractivity contribution in [1.82, 2.24) is 5.32 Å². The van der Waals surface area contributed by atoms with Gasteiger partial charge in [0, 0.05) is 12.1 Å². The Labute approximate surface area is 105 Å². The second-order valence-corrected chi connectivity index (χ2v) is 4.17. The molecule has 0 aliphatic rings. The third kappa shape index (κ3) is 5.05. The van der Waals surface area contributed by atoms with Crippen molar-refractivity contribution < 1.29 is 4.74 Å². The Morgan fingerprint density at radius 2 is 2.18 bits per heavy atom. The van der Waals surface area contributed by atoms with Crippen LogP contribution in [0.3, 0.4) is 0 Å². The van der Waals surface area contributed by atoms with Gasteiger partial charge in [0.2, 0.25) is 0 Å². The second-order valence-electron chi connectivity index (χ2n) is 4.17. The minimum Gasteiger partial charge on any atom is -0.489 e. The summed E-state index contributed by atoms with van der Waals surface area (Å²) in [6.45, 7) is 8.84. The number of ether oxygens (including phenoxy) is 1. The minimum atomic E-state index is 0.639. The Bertz CT molecular complexity index is 358. The van der Waals surface area contributed by atoms with E-state index in [9.17, 15) is 0 Å². The van der Waals surface area contributed by atoms with Crippen LogP contribution in [0, 0.1) is 6.92 Å². The number of hydrogen-bond acceptors (Lipinski definition) is 2. The zero-order chi connectivity index (χ0) is 12.5. The predicted molar refractivity (Wildman–Crippen MR) is 73.5 cm³/mol. The highest BCUT2D eigenvalue weighted by Gasteiger charge is 2.03. The monoisotopic (exact) mass is 233 g/mol. The van der Waals surface area contributed by atoms with Gasteiger partial charge >= 0.3 is 0 Å². The molecule has 0 aliphatic carbocycles. The van der Waals surface area contributed by atoms with E-state index in [1.807, 2.05) is 19.1 Å². The van der Waals surface area contributed by atoms with Crippen molar-refractivity contribution in [2.24, 2.45) is 0 Å². The van der Waals surface area contributed by atoms with Gasteiger partial charge in [0.15, 0.2) is 0 Å². The number of rotatable bonds is 7. The molecule has 0 unspecified atom stereocenters. The van der Waals surface area contributed by atoms with Crippen LogP contribution in [0.15, 0.2) is 30.4 Å². The summed E-state index contributed by atoms with van der Waals surface area (Å²) in [7, 11) is 0. The summed E-state index contributed by atoms with van der Waals surface area (Å²) in [6, 6.07) is 6.34. The van der Waals surface area contributed by atoms with E-state index in [0.717, 1.165) is 25.3 Å². The first-order valence-electron chi connectivity index (χ1n) is 6.32. The van der Waals surface area contributed by atoms with Crippen LogP contribution in [0.4, 0.5) is 0 Å². The number of aryl methyl sites for hydroxylation is 1. The third-order valence-electron chi connectivity index (χ3n) is 2.53. The molecule has 0 saturated carbocycles. The molecule has 1 aromatic rings. The van der Waals surface area contributed by atoms with Crippen LogP contribution in [-0.4, -0.2) is 13.2 Å². The SMILES string of the molecule is CC=CCOc1ccc(C)cc1CNCCC. The Kier molecular flexibility index (Phi) is 6.41. The van der Waals surface area contributed by atoms with E-state index in [1.165, 1.54) is 11.1 Å². The zero-order valence-corrected chi connectivity index (χ0v) is 11.1. The molecular formula is C15H23NO. The molecule has 0 spiro atoms. The second kappa shape index (κ2) is 7.91. The molecule has 17 heavy (non-hydrogen) atoms. The summed E-state index contributed by atoms with van der Waals surface area (Å²) in [5.41, 5.74) is 2.51. The van der Waals surface area contributed by atoms with Crippen LogP contribution in [-0.2, 0) is 6.54 Å². The van der Waals surface area contributed by atoms with E-state index in [1.54, 1.807) is 0 Å². The summed E-state index contributed by atoms with van der Waals surface area (Å²) in [5, 5.41) is 3.41. The molecule has 1 aromatic carbocycles. The van der Waals surface area contributed by atoms with E-state index >= 15 is 0 Å². The van der Waals surface area contributed by atoms with Crippen molar-refractivity contribution in [2.45, 2.75) is 33.7 Å². The van der Waals surface area contributed by atoms with Crippen molar-refractivity contribution >= 4 is 0 Å². The normalized spacial score (nSPS) is 11.0. The first-order valence-corrected chi connectivity index (χ1v) is 6.32. The van der Waals surface area contributed by atoms with Gasteiger partial charge in [-0.25, -0.2) is 0 Å². The molecule has 1 N–H and O–H groups in total. The predicted octanol–water partition coefficient (Wildman–Crippen LogP) is 3.45. The Morgan fingerprint density at radius 1 is 1.35 bits per heavy atom. The maximum atomic E-state index is 5.74. The molecule has 0 fully saturated rings. The average molecular weight is 233 g/mol. The van der Waals surface area contributed by atoms with E-state index in [2.05, 4.69) is 37.4 Å². The van der Waals surface area contributed by atoms with E-state index in [4.69, 9.17) is 4.74 Å². The molecule has 2 nitrogen and oxygen atoms in total. The van der Waals surface area contributed by atoms with E-state index < -0.39 is 0 Å². The molecule has 0 atom stereocenters. The average Bonchev–Trinajstić information content (AvgIpc) is 2.32. The molecule has 0 radical (unpaired) electrons. The van der Waals surface area contributed by atoms with Crippen LogP contribution in [0.5, 0.6) is 5.75 Å². The summed E-state index contributed by atoms with van der Waals surface area (Å²) in [5.74, 6) is 0.984. The fourth-order valence-corrected chi connectivity index (χ4v) is 1.62. The van der Waals surface area contributed by atoms with Gasteiger partial charge in [-0.15, -0.1) is 0 Å². The van der Waals surface area contributed by atoms with Crippen LogP contribution < -0.4 is 10.1 Å². The smallest absolute Gasteiger partial charge is 0.124 e. The van der Waals surface area contributed by atoms with Gasteiger partial charge < -0.3 is 10.1 Å². The lowest BCUT2D eigenvalue weighted by atomic mass is 10.1. The van der Waals surface area contributed by atoms with E-state index in [-0.39, 0.29) is 0 Å². The zero-order valence-electron chi connectivity index (χ0n) is 11.1. The van der Waals surface area contributed by atoms with Crippen LogP contribution in [0.2, 0.25) is 0 Å². The lowest BCUT2D eigenvalue weighted by Gasteiger charge is -2.11. The first-order chi connectivity index (χ1) is 8.27. The standard InChI is InChI=1S/C15H23NO/c1-4-6-10-17-15-8-7-13(3)11-14(15)12-16-9-5-2/h4,6-8,11,16H,5,9-10,12H2,1-3H3. The number of benzene rings is 1. The Morgan fingerprint density at radius 3 is 2.88 bits per heavy atom. The molecule has 0 aromatic heterocycles. The lowest BCUT2D eigenvalue weighted by molar-refractivity contribution is 0.357. The molecule has 2 heteroatoms. The summed E-state index contributed by atoms with van der Waals surface area (Å²) < 4.78 is 5.74. The maximum Gasteiger partial charge on any atom is 0.124 e. The van der Waals surface area contributed by atoms with Gasteiger partial charge in [0.1, 0.15) is 12.4 Å². The van der Waals surface area contributed by atoms with Gasteiger partial charge in [0.25, 0.3) is 0 Å². The summed E-state index contributed by atoms with van der Waals surface area (Å²) in [6.07, 6.45) is 5.17. The van der Waals surface area contributed by atoms with Crippen molar-refractivity contribution in [3.05, 3.63) is 41.5 Å². The number of nitrogens with one attached hydrogen (secondary N) is 1. The van der Waals surface area contributed by atoms with Crippen LogP contribution in [0.25, 0.3) is 0 Å². The highest BCUT2D eigenvalue weighted by molar-refractivity contribution is 5.37. The van der Waals surface area contributed by atoms with Crippen LogP contribution in [0.1, 0.15) is 31.4 Å². The van der Waals surface area contributed by atoms with Gasteiger partial charge in [-0.3, -0.25) is 0 Å². The fourth-order valence-electron chi connectivity index (χ4n) is 1.62. The van der Waals surface area contributed by atoms with Gasteiger partial charge in [-0.2, -0.15) is 0 Å².